The van der Waals surface area contributed by atoms with Gasteiger partial charge in [-0.1, -0.05) is 51.1 Å². The first kappa shape index (κ1) is 18.9. The van der Waals surface area contributed by atoms with Crippen molar-refractivity contribution in [3.05, 3.63) is 35.9 Å². The van der Waals surface area contributed by atoms with Gasteiger partial charge in [-0.05, 0) is 24.4 Å². The molecule has 3 nitrogen and oxygen atoms in total. The lowest BCUT2D eigenvalue weighted by molar-refractivity contribution is -0.121. The maximum absolute atomic E-state index is 11.9. The van der Waals surface area contributed by atoms with Gasteiger partial charge in [-0.3, -0.25) is 4.79 Å². The molecule has 1 amide bonds. The molecule has 0 bridgehead atoms. The van der Waals surface area contributed by atoms with Crippen molar-refractivity contribution in [1.29, 1.82) is 0 Å². The minimum atomic E-state index is 0. The van der Waals surface area contributed by atoms with Gasteiger partial charge in [0, 0.05) is 13.0 Å². The summed E-state index contributed by atoms with van der Waals surface area (Å²) >= 11 is 0. The van der Waals surface area contributed by atoms with Crippen LogP contribution in [-0.2, 0) is 4.79 Å². The number of nitrogens with one attached hydrogen (secondary N) is 2. The monoisotopic (exact) mass is 298 g/mol. The predicted octanol–water partition coefficient (Wildman–Crippen LogP) is 3.31. The fourth-order valence-corrected chi connectivity index (χ4v) is 2.05. The molecule has 1 aromatic rings. The molecule has 0 saturated carbocycles. The Kier molecular flexibility index (Phi) is 8.51. The Balaban J connectivity index is 0.00000361. The quantitative estimate of drug-likeness (QED) is 0.846. The van der Waals surface area contributed by atoms with Crippen molar-refractivity contribution < 1.29 is 4.79 Å². The van der Waals surface area contributed by atoms with E-state index in [4.69, 9.17) is 0 Å². The average Bonchev–Trinajstić information content (AvgIpc) is 2.35. The predicted molar refractivity (Wildman–Crippen MR) is 87.2 cm³/mol. The lowest BCUT2D eigenvalue weighted by Gasteiger charge is -2.27. The van der Waals surface area contributed by atoms with Gasteiger partial charge >= 0.3 is 0 Å². The molecule has 0 aliphatic carbocycles. The van der Waals surface area contributed by atoms with E-state index in [1.54, 1.807) is 0 Å². The Bertz CT molecular complexity index is 387. The van der Waals surface area contributed by atoms with Crippen molar-refractivity contribution in [2.75, 3.05) is 13.6 Å². The van der Waals surface area contributed by atoms with Gasteiger partial charge in [-0.25, -0.2) is 0 Å². The molecule has 2 N–H and O–H groups in total. The van der Waals surface area contributed by atoms with E-state index in [-0.39, 0.29) is 29.8 Å². The Labute approximate surface area is 128 Å². The summed E-state index contributed by atoms with van der Waals surface area (Å²) in [6.45, 7) is 7.30. The zero-order chi connectivity index (χ0) is 14.3. The van der Waals surface area contributed by atoms with Crippen LogP contribution in [0.25, 0.3) is 0 Å². The van der Waals surface area contributed by atoms with Crippen molar-refractivity contribution in [3.8, 4) is 0 Å². The first-order valence-corrected chi connectivity index (χ1v) is 6.91. The number of halogens is 1. The van der Waals surface area contributed by atoms with E-state index in [0.717, 1.165) is 6.42 Å². The number of amides is 1. The molecule has 1 rings (SSSR count). The molecule has 20 heavy (non-hydrogen) atoms. The number of carbonyl (C=O) groups is 1. The molecule has 0 saturated heterocycles. The smallest absolute Gasteiger partial charge is 0.221 e. The minimum Gasteiger partial charge on any atom is -0.349 e. The van der Waals surface area contributed by atoms with E-state index in [9.17, 15) is 4.79 Å². The topological polar surface area (TPSA) is 41.1 Å². The van der Waals surface area contributed by atoms with Gasteiger partial charge in [-0.15, -0.1) is 12.4 Å². The number of rotatable bonds is 6. The van der Waals surface area contributed by atoms with Crippen molar-refractivity contribution >= 4 is 18.3 Å². The molecule has 0 aliphatic heterocycles. The van der Waals surface area contributed by atoms with Gasteiger partial charge < -0.3 is 10.6 Å². The summed E-state index contributed by atoms with van der Waals surface area (Å²) in [5, 5.41) is 6.14. The zero-order valence-corrected chi connectivity index (χ0v) is 13.7. The van der Waals surface area contributed by atoms with Crippen LogP contribution in [0.15, 0.2) is 30.3 Å². The Morgan fingerprint density at radius 3 is 2.30 bits per heavy atom. The van der Waals surface area contributed by atoms with E-state index in [1.165, 1.54) is 5.56 Å². The molecule has 1 atom stereocenters. The average molecular weight is 299 g/mol. The highest BCUT2D eigenvalue weighted by Crippen LogP contribution is 2.29. The third-order valence-corrected chi connectivity index (χ3v) is 2.96. The maximum atomic E-state index is 11.9. The van der Waals surface area contributed by atoms with Crippen molar-refractivity contribution in [1.82, 2.24) is 10.6 Å². The van der Waals surface area contributed by atoms with E-state index < -0.39 is 0 Å². The summed E-state index contributed by atoms with van der Waals surface area (Å²) in [5.74, 6) is 0.104. The first-order valence-electron chi connectivity index (χ1n) is 6.91. The van der Waals surface area contributed by atoms with Gasteiger partial charge in [-0.2, -0.15) is 0 Å². The molecular formula is C16H27ClN2O. The Hall–Kier alpha value is -1.06. The second kappa shape index (κ2) is 8.98. The van der Waals surface area contributed by atoms with Crippen LogP contribution in [-0.4, -0.2) is 19.5 Å². The zero-order valence-electron chi connectivity index (χ0n) is 12.9. The lowest BCUT2D eigenvalue weighted by atomic mass is 9.85. The Morgan fingerprint density at radius 1 is 1.20 bits per heavy atom. The van der Waals surface area contributed by atoms with Crippen molar-refractivity contribution in [2.45, 2.75) is 39.7 Å². The summed E-state index contributed by atoms with van der Waals surface area (Å²) in [7, 11) is 1.86. The number of hydrogen-bond acceptors (Lipinski definition) is 2. The van der Waals surface area contributed by atoms with Crippen LogP contribution < -0.4 is 10.6 Å². The van der Waals surface area contributed by atoms with Gasteiger partial charge in [0.25, 0.3) is 0 Å². The van der Waals surface area contributed by atoms with E-state index in [1.807, 2.05) is 25.2 Å². The highest BCUT2D eigenvalue weighted by Gasteiger charge is 2.21. The second-order valence-electron chi connectivity index (χ2n) is 6.15. The fraction of sp³-hybridized carbons (Fsp3) is 0.562. The highest BCUT2D eigenvalue weighted by molar-refractivity contribution is 5.85. The standard InChI is InChI=1S/C16H26N2O.ClH/c1-16(2,3)12-14(13-8-6-5-7-9-13)18-15(19)10-11-17-4;/h5-9,14,17H,10-12H2,1-4H3,(H,18,19);1H. The minimum absolute atomic E-state index is 0. The number of benzene rings is 1. The fourth-order valence-electron chi connectivity index (χ4n) is 2.05. The van der Waals surface area contributed by atoms with Crippen LogP contribution in [0.1, 0.15) is 45.2 Å². The van der Waals surface area contributed by atoms with Crippen LogP contribution in [0.3, 0.4) is 0 Å². The van der Waals surface area contributed by atoms with E-state index in [0.29, 0.717) is 13.0 Å². The summed E-state index contributed by atoms with van der Waals surface area (Å²) < 4.78 is 0. The molecule has 0 aromatic heterocycles. The summed E-state index contributed by atoms with van der Waals surface area (Å²) in [4.78, 5) is 11.9. The van der Waals surface area contributed by atoms with E-state index in [2.05, 4.69) is 43.5 Å². The van der Waals surface area contributed by atoms with Gasteiger partial charge in [0.2, 0.25) is 5.91 Å². The molecule has 0 aliphatic rings. The lowest BCUT2D eigenvalue weighted by Crippen LogP contribution is -2.32. The molecule has 0 heterocycles. The van der Waals surface area contributed by atoms with Gasteiger partial charge in [0.1, 0.15) is 0 Å². The summed E-state index contributed by atoms with van der Waals surface area (Å²) in [6, 6.07) is 10.3. The van der Waals surface area contributed by atoms with Gasteiger partial charge in [0.15, 0.2) is 0 Å². The molecule has 0 fully saturated rings. The van der Waals surface area contributed by atoms with Crippen molar-refractivity contribution in [2.24, 2.45) is 5.41 Å². The molecule has 1 aromatic carbocycles. The second-order valence-corrected chi connectivity index (χ2v) is 6.15. The van der Waals surface area contributed by atoms with E-state index >= 15 is 0 Å². The first-order chi connectivity index (χ1) is 8.92. The maximum Gasteiger partial charge on any atom is 0.221 e. The molecule has 4 heteroatoms. The third kappa shape index (κ3) is 7.51. The largest absolute Gasteiger partial charge is 0.349 e. The SMILES string of the molecule is CNCCC(=O)NC(CC(C)(C)C)c1ccccc1.Cl. The molecule has 0 radical (unpaired) electrons. The van der Waals surface area contributed by atoms with Crippen LogP contribution in [0.5, 0.6) is 0 Å². The highest BCUT2D eigenvalue weighted by atomic mass is 35.5. The van der Waals surface area contributed by atoms with Gasteiger partial charge in [0.05, 0.1) is 6.04 Å². The molecular weight excluding hydrogens is 272 g/mol. The molecule has 114 valence electrons. The van der Waals surface area contributed by atoms with Crippen LogP contribution >= 0.6 is 12.4 Å². The van der Waals surface area contributed by atoms with Crippen molar-refractivity contribution in [3.63, 3.8) is 0 Å². The summed E-state index contributed by atoms with van der Waals surface area (Å²) in [5.41, 5.74) is 1.35. The third-order valence-electron chi connectivity index (χ3n) is 2.96. The Morgan fingerprint density at radius 2 is 1.80 bits per heavy atom. The summed E-state index contributed by atoms with van der Waals surface area (Å²) in [6.07, 6.45) is 1.45. The molecule has 0 spiro atoms. The molecule has 1 unspecified atom stereocenters. The number of carbonyl (C=O) groups excluding carboxylic acids is 1. The normalized spacial score (nSPS) is 12.4. The van der Waals surface area contributed by atoms with Crippen LogP contribution in [0.4, 0.5) is 0 Å². The van der Waals surface area contributed by atoms with Crippen LogP contribution in [0.2, 0.25) is 0 Å². The van der Waals surface area contributed by atoms with Crippen LogP contribution in [0, 0.1) is 5.41 Å². The number of hydrogen-bond donors (Lipinski definition) is 2.